The molecule has 4 rings (SSSR count). The fourth-order valence-corrected chi connectivity index (χ4v) is 7.43. The molecule has 0 spiro atoms. The van der Waals surface area contributed by atoms with E-state index in [1.54, 1.807) is 26.0 Å². The molecule has 0 amide bonds. The molecule has 0 heterocycles. The van der Waals surface area contributed by atoms with Gasteiger partial charge in [0, 0.05) is 90.3 Å². The van der Waals surface area contributed by atoms with Crippen LogP contribution < -0.4 is 4.74 Å². The van der Waals surface area contributed by atoms with E-state index in [-0.39, 0.29) is 72.1 Å². The SMILES string of the molecule is CC(C)C(=O)Cl.CC(C)C(=O)Oc1ccc(CO)cc1[C@H](CCN(C(C)C)C(C)C)c1ccccc1.CC(C)N(CC[C@H](c1ccccc1)c1cc(CO)ccc1O)C(C)C.I.II. The molecular formula is C52H76ClI3N2O6. The molecule has 0 saturated carbocycles. The molecule has 8 nitrogen and oxygen atoms in total. The molecule has 64 heavy (non-hydrogen) atoms. The van der Waals surface area contributed by atoms with Gasteiger partial charge in [-0.3, -0.25) is 19.4 Å². The molecule has 0 unspecified atom stereocenters. The van der Waals surface area contributed by atoms with E-state index in [4.69, 9.17) is 16.3 Å². The maximum atomic E-state index is 12.3. The monoisotopic (exact) mass is 1240 g/mol. The molecule has 0 aliphatic carbocycles. The number of hydrogen-bond acceptors (Lipinski definition) is 8. The van der Waals surface area contributed by atoms with Crippen LogP contribution in [0.3, 0.4) is 0 Å². The molecule has 0 aliphatic heterocycles. The average Bonchev–Trinajstić information content (AvgIpc) is 3.25. The van der Waals surface area contributed by atoms with Gasteiger partial charge in [-0.15, -0.1) is 24.0 Å². The number of esters is 1. The van der Waals surface area contributed by atoms with Crippen LogP contribution in [0.2, 0.25) is 0 Å². The maximum absolute atomic E-state index is 12.3. The summed E-state index contributed by atoms with van der Waals surface area (Å²) in [6.07, 6.45) is 1.81. The Morgan fingerprint density at radius 3 is 1.28 bits per heavy atom. The Labute approximate surface area is 431 Å². The topological polar surface area (TPSA) is 111 Å². The van der Waals surface area contributed by atoms with E-state index < -0.39 is 0 Å². The predicted octanol–water partition coefficient (Wildman–Crippen LogP) is 13.7. The second-order valence-corrected chi connectivity index (χ2v) is 17.8. The molecule has 0 aromatic heterocycles. The quantitative estimate of drug-likeness (QED) is 0.0369. The summed E-state index contributed by atoms with van der Waals surface area (Å²) in [5.41, 5.74) is 5.87. The number of carbonyl (C=O) groups is 2. The third kappa shape index (κ3) is 21.8. The van der Waals surface area contributed by atoms with E-state index in [0.29, 0.717) is 35.7 Å². The van der Waals surface area contributed by atoms with Gasteiger partial charge in [0.15, 0.2) is 0 Å². The van der Waals surface area contributed by atoms with Crippen LogP contribution in [0.1, 0.15) is 141 Å². The van der Waals surface area contributed by atoms with Crippen molar-refractivity contribution in [2.75, 3.05) is 13.1 Å². The number of halogens is 4. The lowest BCUT2D eigenvalue weighted by Gasteiger charge is -2.32. The number of carbonyl (C=O) groups excluding carboxylic acids is 2. The number of aliphatic hydroxyl groups excluding tert-OH is 2. The van der Waals surface area contributed by atoms with Crippen molar-refractivity contribution in [2.45, 2.75) is 145 Å². The number of ether oxygens (including phenoxy) is 1. The Morgan fingerprint density at radius 1 is 0.578 bits per heavy atom. The predicted molar refractivity (Wildman–Crippen MR) is 296 cm³/mol. The second-order valence-electron chi connectivity index (χ2n) is 17.5. The number of aliphatic hydroxyl groups is 2. The number of rotatable bonds is 19. The molecule has 3 N–H and O–H groups in total. The van der Waals surface area contributed by atoms with Crippen LogP contribution in [0.5, 0.6) is 11.5 Å². The Morgan fingerprint density at radius 2 is 0.938 bits per heavy atom. The minimum Gasteiger partial charge on any atom is -0.508 e. The molecule has 12 heteroatoms. The summed E-state index contributed by atoms with van der Waals surface area (Å²) < 4.78 is 5.78. The molecule has 2 atom stereocenters. The maximum Gasteiger partial charge on any atom is 0.313 e. The Balaban J connectivity index is 0.00000106. The summed E-state index contributed by atoms with van der Waals surface area (Å²) in [5.74, 6) is 0.577. The number of benzene rings is 4. The van der Waals surface area contributed by atoms with Gasteiger partial charge in [-0.1, -0.05) is 100 Å². The normalized spacial score (nSPS) is 12.0. The number of phenols is 1. The zero-order valence-electron chi connectivity index (χ0n) is 40.1. The average molecular weight is 1240 g/mol. The van der Waals surface area contributed by atoms with Gasteiger partial charge in [0.1, 0.15) is 11.5 Å². The third-order valence-electron chi connectivity index (χ3n) is 10.8. The van der Waals surface area contributed by atoms with Crippen LogP contribution in [0, 0.1) is 11.8 Å². The summed E-state index contributed by atoms with van der Waals surface area (Å²) in [6, 6.07) is 33.5. The van der Waals surface area contributed by atoms with Crippen molar-refractivity contribution < 1.29 is 29.6 Å². The zero-order chi connectivity index (χ0) is 47.8. The van der Waals surface area contributed by atoms with Crippen LogP contribution in [0.4, 0.5) is 0 Å². The van der Waals surface area contributed by atoms with E-state index in [0.717, 1.165) is 48.2 Å². The molecule has 4 aromatic rings. The molecular weight excluding hydrogens is 1160 g/mol. The highest BCUT2D eigenvalue weighted by atomic mass is 128. The number of hydrogen-bond donors (Lipinski definition) is 3. The van der Waals surface area contributed by atoms with Gasteiger partial charge in [0.25, 0.3) is 0 Å². The van der Waals surface area contributed by atoms with Crippen molar-refractivity contribution in [3.8, 4) is 11.5 Å². The Hall–Kier alpha value is -1.86. The first-order valence-electron chi connectivity index (χ1n) is 22.2. The van der Waals surface area contributed by atoms with Gasteiger partial charge in [0.2, 0.25) is 5.24 Å². The number of nitrogens with zero attached hydrogens (tertiary/aromatic N) is 2. The molecule has 0 saturated heterocycles. The largest absolute Gasteiger partial charge is 0.508 e. The Kier molecular flexibility index (Phi) is 32.6. The summed E-state index contributed by atoms with van der Waals surface area (Å²) in [5, 5.41) is 29.4. The van der Waals surface area contributed by atoms with E-state index in [1.807, 2.05) is 74.5 Å². The van der Waals surface area contributed by atoms with Gasteiger partial charge in [-0.05, 0) is 139 Å². The lowest BCUT2D eigenvalue weighted by atomic mass is 9.86. The van der Waals surface area contributed by atoms with Crippen molar-refractivity contribution in [3.63, 3.8) is 0 Å². The van der Waals surface area contributed by atoms with E-state index in [9.17, 15) is 24.9 Å². The van der Waals surface area contributed by atoms with Crippen molar-refractivity contribution >= 4 is 84.0 Å². The van der Waals surface area contributed by atoms with Gasteiger partial charge in [-0.25, -0.2) is 0 Å². The smallest absolute Gasteiger partial charge is 0.313 e. The minimum atomic E-state index is -0.269. The first-order valence-corrected chi connectivity index (χ1v) is 28.8. The first-order chi connectivity index (χ1) is 29.8. The lowest BCUT2D eigenvalue weighted by molar-refractivity contribution is -0.137. The molecule has 358 valence electrons. The summed E-state index contributed by atoms with van der Waals surface area (Å²) >= 11 is 9.21. The third-order valence-corrected chi connectivity index (χ3v) is 11.3. The molecule has 0 bridgehead atoms. The highest BCUT2D eigenvalue weighted by Gasteiger charge is 2.25. The Bertz CT molecular complexity index is 1860. The van der Waals surface area contributed by atoms with E-state index in [1.165, 1.54) is 11.1 Å². The fraction of sp³-hybridized carbons (Fsp3) is 0.500. The van der Waals surface area contributed by atoms with Crippen molar-refractivity contribution in [3.05, 3.63) is 130 Å². The fourth-order valence-electron chi connectivity index (χ4n) is 7.43. The summed E-state index contributed by atoms with van der Waals surface area (Å²) in [4.78, 5) is 27.2. The highest BCUT2D eigenvalue weighted by Crippen LogP contribution is 2.37. The standard InChI is InChI=1S/C26H37NO3.C22H31NO2.C4H7ClO.I2.HI/c1-18(2)26(29)30-25-13-12-21(17-28)16-24(25)23(22-10-8-7-9-11-22)14-15-27(19(3)4)20(5)6;1-16(2)23(17(3)4)13-12-20(19-8-6-5-7-9-19)21-14-18(15-24)10-11-22(21)25;1-3(2)4(5)6;1-2;/h7-13,16,18-20,23,28H,14-15,17H2,1-6H3;5-11,14,16-17,20,24-25H,12-13,15H2,1-4H3;3H,1-2H3;;1H/t23-;20-;;;/m11.../s1. The minimum absolute atomic E-state index is 0. The summed E-state index contributed by atoms with van der Waals surface area (Å²) in [7, 11) is 0. The van der Waals surface area contributed by atoms with Crippen molar-refractivity contribution in [2.24, 2.45) is 11.8 Å². The summed E-state index contributed by atoms with van der Waals surface area (Å²) in [6.45, 7) is 26.8. The van der Waals surface area contributed by atoms with Crippen LogP contribution in [0.15, 0.2) is 97.1 Å². The lowest BCUT2D eigenvalue weighted by Crippen LogP contribution is -2.38. The molecule has 0 aliphatic rings. The van der Waals surface area contributed by atoms with Gasteiger partial charge >= 0.3 is 5.97 Å². The van der Waals surface area contributed by atoms with Crippen molar-refractivity contribution in [1.29, 1.82) is 0 Å². The number of phenolic OH excluding ortho intramolecular Hbond substituents is 1. The van der Waals surface area contributed by atoms with Gasteiger partial charge in [-0.2, -0.15) is 0 Å². The van der Waals surface area contributed by atoms with Crippen molar-refractivity contribution in [1.82, 2.24) is 9.80 Å². The van der Waals surface area contributed by atoms with Crippen LogP contribution in [0.25, 0.3) is 0 Å². The first kappa shape index (κ1) is 62.1. The zero-order valence-corrected chi connectivity index (χ0v) is 47.5. The van der Waals surface area contributed by atoms with Crippen LogP contribution >= 0.6 is 72.8 Å². The molecule has 0 radical (unpaired) electrons. The second kappa shape index (κ2) is 33.6. The van der Waals surface area contributed by atoms with Crippen LogP contribution in [-0.4, -0.2) is 73.6 Å². The molecule has 4 aromatic carbocycles. The van der Waals surface area contributed by atoms with Gasteiger partial charge < -0.3 is 20.1 Å². The highest BCUT2D eigenvalue weighted by molar-refractivity contribution is 15.0. The van der Waals surface area contributed by atoms with E-state index >= 15 is 0 Å². The number of aromatic hydroxyl groups is 1. The van der Waals surface area contributed by atoms with E-state index in [2.05, 4.69) is 127 Å². The van der Waals surface area contributed by atoms with Gasteiger partial charge in [0.05, 0.1) is 19.1 Å². The molecule has 0 fully saturated rings. The van der Waals surface area contributed by atoms with Crippen LogP contribution in [-0.2, 0) is 22.8 Å².